The van der Waals surface area contributed by atoms with E-state index in [1.807, 2.05) is 9.80 Å². The summed E-state index contributed by atoms with van der Waals surface area (Å²) < 4.78 is 133. The molecular weight excluding hydrogens is 788 g/mol. The van der Waals surface area contributed by atoms with Gasteiger partial charge in [0.05, 0.1) is 37.3 Å². The van der Waals surface area contributed by atoms with Crippen molar-refractivity contribution < 1.29 is 54.0 Å². The molecule has 0 bridgehead atoms. The number of piperazine rings is 1. The highest BCUT2D eigenvalue weighted by atomic mass is 31.2. The van der Waals surface area contributed by atoms with Gasteiger partial charge in [0.1, 0.15) is 18.0 Å². The molecule has 0 saturated carbocycles. The molecule has 3 aromatic heterocycles. The van der Waals surface area contributed by atoms with Gasteiger partial charge in [-0.2, -0.15) is 22.0 Å². The van der Waals surface area contributed by atoms with Crippen molar-refractivity contribution >= 4 is 19.2 Å². The van der Waals surface area contributed by atoms with Crippen molar-refractivity contribution in [1.29, 1.82) is 0 Å². The lowest BCUT2D eigenvalue weighted by Gasteiger charge is -2.37. The lowest BCUT2D eigenvalue weighted by molar-refractivity contribution is -0.205. The second-order valence-electron chi connectivity index (χ2n) is 12.8. The minimum Gasteiger partial charge on any atom is -0.377 e. The first kappa shape index (κ1) is 41.6. The van der Waals surface area contributed by atoms with Crippen LogP contribution in [0.3, 0.4) is 0 Å². The number of phosphoric ester groups is 1. The van der Waals surface area contributed by atoms with Gasteiger partial charge in [-0.25, -0.2) is 18.0 Å². The molecule has 57 heavy (non-hydrogen) atoms. The van der Waals surface area contributed by atoms with Gasteiger partial charge in [-0.05, 0) is 72.3 Å². The maximum absolute atomic E-state index is 16.8. The highest BCUT2D eigenvalue weighted by molar-refractivity contribution is 7.48. The molecule has 1 fully saturated rings. The fourth-order valence-corrected chi connectivity index (χ4v) is 7.74. The molecule has 0 radical (unpaired) electrons. The molecule has 2 aromatic carbocycles. The summed E-state index contributed by atoms with van der Waals surface area (Å²) in [5, 5.41) is 22.1. The second-order valence-corrected chi connectivity index (χ2v) is 14.4. The van der Waals surface area contributed by atoms with E-state index in [4.69, 9.17) is 13.6 Å². The summed E-state index contributed by atoms with van der Waals surface area (Å²) in [5.74, 6) is -6.64. The van der Waals surface area contributed by atoms with Crippen molar-refractivity contribution in [3.8, 4) is 11.1 Å². The van der Waals surface area contributed by atoms with Crippen LogP contribution in [0.5, 0.6) is 0 Å². The fourth-order valence-electron chi connectivity index (χ4n) is 6.43. The third-order valence-corrected chi connectivity index (χ3v) is 10.8. The van der Waals surface area contributed by atoms with Crippen molar-refractivity contribution in [3.05, 3.63) is 114 Å². The number of phosphoric acid groups is 1. The number of pyridine rings is 2. The summed E-state index contributed by atoms with van der Waals surface area (Å²) in [4.78, 5) is 11.9. The highest BCUT2D eigenvalue weighted by Gasteiger charge is 2.58. The number of hydrogen-bond donors (Lipinski definition) is 1. The molecule has 2 atom stereocenters. The fraction of sp³-hybridized carbons (Fsp3) is 0.361. The third kappa shape index (κ3) is 8.94. The first-order valence-electron chi connectivity index (χ1n) is 17.5. The normalized spacial score (nSPS) is 15.8. The SMILES string of the molecule is CCOP(=O)(OCC)OC(c1ccc(N2CCN(c3ccc(-c4cnccc4C(F)(F)[C@](O)(Cn4cnnn4)c4ccc(F)cc4F)cc3)CC2)cn1)C(F)(F)F. The van der Waals surface area contributed by atoms with E-state index in [2.05, 4.69) is 25.5 Å². The largest absolute Gasteiger partial charge is 0.475 e. The molecule has 0 amide bonds. The van der Waals surface area contributed by atoms with E-state index < -0.39 is 66.6 Å². The molecular formula is C36H36F7N8O5P. The monoisotopic (exact) mass is 824 g/mol. The Morgan fingerprint density at radius 2 is 1.49 bits per heavy atom. The van der Waals surface area contributed by atoms with Gasteiger partial charge in [0.2, 0.25) is 6.10 Å². The van der Waals surface area contributed by atoms with E-state index in [0.717, 1.165) is 47.2 Å². The van der Waals surface area contributed by atoms with Crippen molar-refractivity contribution in [2.75, 3.05) is 49.2 Å². The van der Waals surface area contributed by atoms with E-state index in [-0.39, 0.29) is 18.8 Å². The van der Waals surface area contributed by atoms with Crippen LogP contribution >= 0.6 is 7.82 Å². The molecule has 304 valence electrons. The highest BCUT2D eigenvalue weighted by Crippen LogP contribution is 2.56. The summed E-state index contributed by atoms with van der Waals surface area (Å²) in [6.45, 7) is 3.34. The molecule has 21 heteroatoms. The Morgan fingerprint density at radius 3 is 2.05 bits per heavy atom. The second kappa shape index (κ2) is 16.8. The Bertz CT molecular complexity index is 2150. The van der Waals surface area contributed by atoms with Crippen LogP contribution in [-0.2, 0) is 36.2 Å². The van der Waals surface area contributed by atoms with Gasteiger partial charge in [0.25, 0.3) is 0 Å². The number of rotatable bonds is 15. The summed E-state index contributed by atoms with van der Waals surface area (Å²) in [6, 6.07) is 12.1. The van der Waals surface area contributed by atoms with Crippen molar-refractivity contribution in [1.82, 2.24) is 30.2 Å². The topological polar surface area (TPSA) is 141 Å². The maximum Gasteiger partial charge on any atom is 0.475 e. The lowest BCUT2D eigenvalue weighted by atomic mass is 9.81. The molecule has 0 aliphatic carbocycles. The van der Waals surface area contributed by atoms with Crippen LogP contribution in [0.1, 0.15) is 36.8 Å². The van der Waals surface area contributed by atoms with Crippen LogP contribution in [0.15, 0.2) is 85.6 Å². The van der Waals surface area contributed by atoms with Gasteiger partial charge < -0.3 is 14.9 Å². The van der Waals surface area contributed by atoms with Gasteiger partial charge in [0.15, 0.2) is 5.60 Å². The lowest BCUT2D eigenvalue weighted by Crippen LogP contribution is -2.47. The Hall–Kier alpha value is -5.01. The molecule has 0 spiro atoms. The van der Waals surface area contributed by atoms with Crippen LogP contribution in [-0.4, -0.2) is 80.9 Å². The molecule has 13 nitrogen and oxygen atoms in total. The summed E-state index contributed by atoms with van der Waals surface area (Å²) in [6.07, 6.45) is -3.10. The van der Waals surface area contributed by atoms with Gasteiger partial charge >= 0.3 is 19.9 Å². The van der Waals surface area contributed by atoms with Crippen LogP contribution in [0.2, 0.25) is 0 Å². The van der Waals surface area contributed by atoms with Gasteiger partial charge in [-0.3, -0.25) is 23.5 Å². The number of aromatic nitrogens is 6. The number of anilines is 2. The Labute approximate surface area is 321 Å². The van der Waals surface area contributed by atoms with E-state index >= 15 is 13.2 Å². The van der Waals surface area contributed by atoms with Gasteiger partial charge in [-0.15, -0.1) is 5.10 Å². The molecule has 1 N–H and O–H groups in total. The van der Waals surface area contributed by atoms with Crippen LogP contribution in [0.4, 0.5) is 42.1 Å². The molecule has 1 saturated heterocycles. The molecule has 5 aromatic rings. The van der Waals surface area contributed by atoms with Crippen molar-refractivity contribution in [3.63, 3.8) is 0 Å². The van der Waals surface area contributed by atoms with E-state index in [0.29, 0.717) is 43.5 Å². The third-order valence-electron chi connectivity index (χ3n) is 9.17. The first-order valence-corrected chi connectivity index (χ1v) is 19.0. The minimum atomic E-state index is -4.97. The van der Waals surface area contributed by atoms with E-state index in [1.54, 1.807) is 24.3 Å². The maximum atomic E-state index is 16.8. The number of hydrogen-bond acceptors (Lipinski definition) is 12. The molecule has 1 unspecified atom stereocenters. The average Bonchev–Trinajstić information content (AvgIpc) is 3.70. The summed E-state index contributed by atoms with van der Waals surface area (Å²) in [5.41, 5.74) is -3.87. The van der Waals surface area contributed by atoms with E-state index in [1.165, 1.54) is 32.3 Å². The Balaban J connectivity index is 1.18. The number of nitrogens with zero attached hydrogens (tertiary/aromatic N) is 8. The van der Waals surface area contributed by atoms with Gasteiger partial charge in [-0.1, -0.05) is 12.1 Å². The predicted molar refractivity (Wildman–Crippen MR) is 191 cm³/mol. The van der Waals surface area contributed by atoms with Crippen molar-refractivity contribution in [2.45, 2.75) is 44.2 Å². The number of tetrazole rings is 1. The molecule has 4 heterocycles. The Morgan fingerprint density at radius 1 is 0.842 bits per heavy atom. The zero-order valence-corrected chi connectivity index (χ0v) is 31.3. The molecule has 1 aliphatic heterocycles. The summed E-state index contributed by atoms with van der Waals surface area (Å²) in [7, 11) is -4.53. The standard InChI is InChI=1S/C36H36F7N8O5P/c1-3-54-57(53,55-4-2)56-33(36(41,42)43)32-12-10-27(20-45-32)50-17-15-49(16-18-50)26-8-5-24(6-9-26)28-21-44-14-13-29(28)35(39,40)34(52,22-51-23-46-47-48-51)30-11-7-25(37)19-31(30)38/h5-14,19-21,23,33,52H,3-4,15-18,22H2,1-2H3/t33?,34-/m0/s1. The number of benzene rings is 2. The first-order chi connectivity index (χ1) is 27.1. The van der Waals surface area contributed by atoms with Crippen LogP contribution in [0.25, 0.3) is 11.1 Å². The number of halogens is 7. The van der Waals surface area contributed by atoms with Crippen LogP contribution in [0, 0.1) is 11.6 Å². The Kier molecular flexibility index (Phi) is 12.3. The minimum absolute atomic E-state index is 0.0655. The average molecular weight is 825 g/mol. The van der Waals surface area contributed by atoms with Gasteiger partial charge in [0, 0.05) is 67.0 Å². The quantitative estimate of drug-likeness (QED) is 0.0843. The van der Waals surface area contributed by atoms with Crippen molar-refractivity contribution in [2.24, 2.45) is 0 Å². The summed E-state index contributed by atoms with van der Waals surface area (Å²) >= 11 is 0. The number of alkyl halides is 5. The molecule has 6 rings (SSSR count). The predicted octanol–water partition coefficient (Wildman–Crippen LogP) is 7.22. The number of aliphatic hydroxyl groups is 1. The zero-order valence-electron chi connectivity index (χ0n) is 30.4. The van der Waals surface area contributed by atoms with E-state index in [9.17, 15) is 27.2 Å². The molecule has 1 aliphatic rings. The van der Waals surface area contributed by atoms with Crippen LogP contribution < -0.4 is 9.80 Å². The zero-order chi connectivity index (χ0) is 41.0. The smallest absolute Gasteiger partial charge is 0.377 e.